The molecule has 4 nitrogen and oxygen atoms in total. The van der Waals surface area contributed by atoms with Crippen LogP contribution in [0.4, 0.5) is 18.9 Å². The average Bonchev–Trinajstić information content (AvgIpc) is 2.36. The number of aromatic carboxylic acids is 1. The lowest BCUT2D eigenvalue weighted by molar-refractivity contribution is -0.138. The molecular formula is C13H16F3NO3. The first kappa shape index (κ1) is 16.3. The van der Waals surface area contributed by atoms with Crippen molar-refractivity contribution in [2.24, 2.45) is 0 Å². The van der Waals surface area contributed by atoms with Crippen molar-refractivity contribution in [2.75, 3.05) is 25.7 Å². The largest absolute Gasteiger partial charge is 0.478 e. The Labute approximate surface area is 114 Å². The number of carboxylic acids is 1. The van der Waals surface area contributed by atoms with E-state index < -0.39 is 23.3 Å². The number of carbonyl (C=O) groups is 1. The number of benzene rings is 1. The summed E-state index contributed by atoms with van der Waals surface area (Å²) in [4.78, 5) is 12.7. The summed E-state index contributed by atoms with van der Waals surface area (Å²) in [5.41, 5.74) is -1.52. The van der Waals surface area contributed by atoms with Gasteiger partial charge in [0, 0.05) is 25.9 Å². The molecule has 0 aliphatic carbocycles. The van der Waals surface area contributed by atoms with Gasteiger partial charge in [0.15, 0.2) is 0 Å². The molecule has 0 aliphatic rings. The summed E-state index contributed by atoms with van der Waals surface area (Å²) in [6, 6.07) is 2.96. The van der Waals surface area contributed by atoms with Gasteiger partial charge in [-0.1, -0.05) is 0 Å². The highest BCUT2D eigenvalue weighted by atomic mass is 19.4. The molecule has 1 aromatic rings. The zero-order valence-corrected chi connectivity index (χ0v) is 11.4. The molecule has 1 atom stereocenters. The fourth-order valence-electron chi connectivity index (χ4n) is 1.78. The Bertz CT molecular complexity index is 488. The summed E-state index contributed by atoms with van der Waals surface area (Å²) in [6.45, 7) is 2.20. The lowest BCUT2D eigenvalue weighted by Crippen LogP contribution is -2.32. The number of halogens is 3. The van der Waals surface area contributed by atoms with Gasteiger partial charge in [0.05, 0.1) is 17.7 Å². The second-order valence-electron chi connectivity index (χ2n) is 4.45. The Hall–Kier alpha value is -1.76. The third-order valence-corrected chi connectivity index (χ3v) is 3.02. The van der Waals surface area contributed by atoms with Gasteiger partial charge in [-0.15, -0.1) is 0 Å². The number of alkyl halides is 3. The molecule has 0 saturated heterocycles. The second-order valence-corrected chi connectivity index (χ2v) is 4.45. The van der Waals surface area contributed by atoms with E-state index >= 15 is 0 Å². The van der Waals surface area contributed by atoms with Crippen molar-refractivity contribution in [3.05, 3.63) is 29.3 Å². The molecule has 0 amide bonds. The molecule has 1 rings (SSSR count). The van der Waals surface area contributed by atoms with Gasteiger partial charge in [-0.05, 0) is 25.1 Å². The molecule has 1 aromatic carbocycles. The smallest absolute Gasteiger partial charge is 0.417 e. The number of hydrogen-bond donors (Lipinski definition) is 1. The summed E-state index contributed by atoms with van der Waals surface area (Å²) in [5, 5.41) is 8.93. The summed E-state index contributed by atoms with van der Waals surface area (Å²) in [6.07, 6.45) is -4.69. The van der Waals surface area contributed by atoms with E-state index in [0.29, 0.717) is 12.3 Å². The summed E-state index contributed by atoms with van der Waals surface area (Å²) in [7, 11) is 3.18. The third-order valence-electron chi connectivity index (χ3n) is 3.02. The van der Waals surface area contributed by atoms with E-state index in [4.69, 9.17) is 9.84 Å². The molecule has 0 bridgehead atoms. The van der Waals surface area contributed by atoms with Gasteiger partial charge < -0.3 is 14.7 Å². The maximum absolute atomic E-state index is 12.7. The zero-order valence-electron chi connectivity index (χ0n) is 11.4. The fraction of sp³-hybridized carbons (Fsp3) is 0.462. The molecule has 20 heavy (non-hydrogen) atoms. The molecule has 0 heterocycles. The van der Waals surface area contributed by atoms with Crippen molar-refractivity contribution in [1.29, 1.82) is 0 Å². The maximum atomic E-state index is 12.7. The lowest BCUT2D eigenvalue weighted by atomic mass is 10.1. The number of nitrogens with zero attached hydrogens (tertiary/aromatic N) is 1. The topological polar surface area (TPSA) is 49.8 Å². The van der Waals surface area contributed by atoms with Crippen LogP contribution in [0.2, 0.25) is 0 Å². The molecule has 0 fully saturated rings. The number of ether oxygens (including phenoxy) is 1. The first-order chi connectivity index (χ1) is 9.18. The minimum Gasteiger partial charge on any atom is -0.478 e. The zero-order chi connectivity index (χ0) is 15.5. The molecule has 1 unspecified atom stereocenters. The third kappa shape index (κ3) is 3.63. The first-order valence-electron chi connectivity index (χ1n) is 5.84. The molecule has 0 saturated carbocycles. The molecular weight excluding hydrogens is 275 g/mol. The average molecular weight is 291 g/mol. The minimum absolute atomic E-state index is 0.0987. The van der Waals surface area contributed by atoms with Crippen LogP contribution in [-0.4, -0.2) is 37.9 Å². The SMILES string of the molecule is COCC(C)N(C)c1ccc(C(F)(F)F)c(C(=O)O)c1. The number of carboxylic acid groups (broad SMARTS) is 1. The lowest BCUT2D eigenvalue weighted by Gasteiger charge is -2.27. The molecule has 0 radical (unpaired) electrons. The maximum Gasteiger partial charge on any atom is 0.417 e. The molecule has 7 heteroatoms. The minimum atomic E-state index is -4.69. The summed E-state index contributed by atoms with van der Waals surface area (Å²) < 4.78 is 43.1. The van der Waals surface area contributed by atoms with E-state index in [-0.39, 0.29) is 6.04 Å². The van der Waals surface area contributed by atoms with E-state index in [9.17, 15) is 18.0 Å². The molecule has 0 spiro atoms. The molecule has 1 N–H and O–H groups in total. The van der Waals surface area contributed by atoms with E-state index in [1.807, 2.05) is 6.92 Å². The van der Waals surface area contributed by atoms with Crippen LogP contribution in [-0.2, 0) is 10.9 Å². The van der Waals surface area contributed by atoms with Gasteiger partial charge in [0.25, 0.3) is 0 Å². The van der Waals surface area contributed by atoms with E-state index in [1.54, 1.807) is 11.9 Å². The van der Waals surface area contributed by atoms with Gasteiger partial charge in [0.2, 0.25) is 0 Å². The first-order valence-corrected chi connectivity index (χ1v) is 5.84. The molecule has 112 valence electrons. The highest BCUT2D eigenvalue weighted by Gasteiger charge is 2.35. The Morgan fingerprint density at radius 2 is 2.05 bits per heavy atom. The predicted molar refractivity (Wildman–Crippen MR) is 68.1 cm³/mol. The van der Waals surface area contributed by atoms with Crippen LogP contribution in [0.25, 0.3) is 0 Å². The Kier molecular flexibility index (Phi) is 4.99. The number of hydrogen-bond acceptors (Lipinski definition) is 3. The van der Waals surface area contributed by atoms with Crippen LogP contribution in [0.3, 0.4) is 0 Å². The van der Waals surface area contributed by atoms with Gasteiger partial charge in [0.1, 0.15) is 0 Å². The Morgan fingerprint density at radius 3 is 2.50 bits per heavy atom. The summed E-state index contributed by atoms with van der Waals surface area (Å²) >= 11 is 0. The van der Waals surface area contributed by atoms with Crippen LogP contribution in [0.15, 0.2) is 18.2 Å². The van der Waals surface area contributed by atoms with Crippen LogP contribution in [0, 0.1) is 0 Å². The molecule has 0 aromatic heterocycles. The van der Waals surface area contributed by atoms with Gasteiger partial charge >= 0.3 is 12.1 Å². The Morgan fingerprint density at radius 1 is 1.45 bits per heavy atom. The van der Waals surface area contributed by atoms with Crippen molar-refractivity contribution < 1.29 is 27.8 Å². The van der Waals surface area contributed by atoms with Crippen LogP contribution < -0.4 is 4.90 Å². The van der Waals surface area contributed by atoms with Gasteiger partial charge in [-0.25, -0.2) is 4.79 Å². The molecule has 0 aliphatic heterocycles. The number of anilines is 1. The number of likely N-dealkylation sites (N-methyl/N-ethyl adjacent to an activating group) is 1. The predicted octanol–water partition coefficient (Wildman–Crippen LogP) is 2.87. The highest BCUT2D eigenvalue weighted by molar-refractivity contribution is 5.91. The monoisotopic (exact) mass is 291 g/mol. The van der Waals surface area contributed by atoms with Crippen LogP contribution >= 0.6 is 0 Å². The van der Waals surface area contributed by atoms with Gasteiger partial charge in [-0.3, -0.25) is 0 Å². The van der Waals surface area contributed by atoms with E-state index in [2.05, 4.69) is 0 Å². The summed E-state index contributed by atoms with van der Waals surface area (Å²) in [5.74, 6) is -1.60. The van der Waals surface area contributed by atoms with Crippen molar-refractivity contribution in [3.8, 4) is 0 Å². The van der Waals surface area contributed by atoms with E-state index in [0.717, 1.165) is 12.1 Å². The number of rotatable bonds is 5. The second kappa shape index (κ2) is 6.13. The van der Waals surface area contributed by atoms with Crippen molar-refractivity contribution >= 4 is 11.7 Å². The van der Waals surface area contributed by atoms with Crippen LogP contribution in [0.5, 0.6) is 0 Å². The van der Waals surface area contributed by atoms with Crippen LogP contribution in [0.1, 0.15) is 22.8 Å². The number of methoxy groups -OCH3 is 1. The van der Waals surface area contributed by atoms with Crippen molar-refractivity contribution in [3.63, 3.8) is 0 Å². The quantitative estimate of drug-likeness (QED) is 0.906. The highest BCUT2D eigenvalue weighted by Crippen LogP contribution is 2.34. The fourth-order valence-corrected chi connectivity index (χ4v) is 1.78. The normalized spacial score (nSPS) is 13.1. The standard InChI is InChI=1S/C13H16F3NO3/c1-8(7-20-3)17(2)9-4-5-11(13(14,15)16)10(6-9)12(18)19/h4-6,8H,7H2,1-3H3,(H,18,19). The van der Waals surface area contributed by atoms with Crippen molar-refractivity contribution in [2.45, 2.75) is 19.1 Å². The Balaban J connectivity index is 3.20. The van der Waals surface area contributed by atoms with E-state index in [1.165, 1.54) is 13.2 Å². The van der Waals surface area contributed by atoms with Crippen molar-refractivity contribution in [1.82, 2.24) is 0 Å². The van der Waals surface area contributed by atoms with Gasteiger partial charge in [-0.2, -0.15) is 13.2 Å².